The fraction of sp³-hybridized carbons (Fsp3) is 0.0714. The Labute approximate surface area is 114 Å². The molecule has 0 aliphatic carbocycles. The highest BCUT2D eigenvalue weighted by Gasteiger charge is 2.20. The number of benzene rings is 2. The molecule has 0 fully saturated rings. The summed E-state index contributed by atoms with van der Waals surface area (Å²) < 4.78 is 10.1. The van der Waals surface area contributed by atoms with Crippen LogP contribution in [0, 0.1) is 10.1 Å². The van der Waals surface area contributed by atoms with Crippen molar-refractivity contribution in [2.75, 3.05) is 7.11 Å². The summed E-state index contributed by atoms with van der Waals surface area (Å²) in [5, 5.41) is 10.8. The van der Waals surface area contributed by atoms with E-state index in [1.54, 1.807) is 24.3 Å². The van der Waals surface area contributed by atoms with Crippen molar-refractivity contribution in [3.8, 4) is 11.5 Å². The smallest absolute Gasteiger partial charge is 0.350 e. The number of hydrogen-bond acceptors (Lipinski definition) is 5. The second-order valence-corrected chi connectivity index (χ2v) is 3.84. The van der Waals surface area contributed by atoms with Crippen LogP contribution in [0.2, 0.25) is 0 Å². The Balaban J connectivity index is 2.21. The third-order valence-corrected chi connectivity index (χ3v) is 2.59. The van der Waals surface area contributed by atoms with E-state index in [4.69, 9.17) is 9.47 Å². The van der Waals surface area contributed by atoms with E-state index in [-0.39, 0.29) is 17.0 Å². The monoisotopic (exact) mass is 273 g/mol. The Morgan fingerprint density at radius 3 is 2.25 bits per heavy atom. The molecule has 2 aromatic carbocycles. The Kier molecular flexibility index (Phi) is 3.95. The summed E-state index contributed by atoms with van der Waals surface area (Å²) in [6, 6.07) is 12.0. The number of ether oxygens (including phenoxy) is 2. The molecule has 102 valence electrons. The number of nitro groups is 1. The maximum absolute atomic E-state index is 11.9. The average molecular weight is 273 g/mol. The van der Waals surface area contributed by atoms with Crippen LogP contribution in [0.5, 0.6) is 11.5 Å². The fourth-order valence-electron chi connectivity index (χ4n) is 1.61. The van der Waals surface area contributed by atoms with Gasteiger partial charge in [0.15, 0.2) is 0 Å². The minimum atomic E-state index is -0.775. The van der Waals surface area contributed by atoms with Crippen molar-refractivity contribution in [1.82, 2.24) is 0 Å². The van der Waals surface area contributed by atoms with Crippen molar-refractivity contribution in [3.05, 3.63) is 64.2 Å². The lowest BCUT2D eigenvalue weighted by Gasteiger charge is -2.05. The van der Waals surface area contributed by atoms with Crippen LogP contribution in [0.15, 0.2) is 48.5 Å². The molecule has 0 spiro atoms. The van der Waals surface area contributed by atoms with Gasteiger partial charge in [-0.2, -0.15) is 0 Å². The molecule has 6 heteroatoms. The van der Waals surface area contributed by atoms with Gasteiger partial charge in [0, 0.05) is 6.07 Å². The first-order valence-electron chi connectivity index (χ1n) is 5.71. The standard InChI is InChI=1S/C14H11NO5/c1-19-10-6-8-11(9-7-10)20-14(16)12-4-2-3-5-13(12)15(17)18/h2-9H,1H3. The van der Waals surface area contributed by atoms with Gasteiger partial charge in [-0.3, -0.25) is 10.1 Å². The first-order valence-corrected chi connectivity index (χ1v) is 5.71. The largest absolute Gasteiger partial charge is 0.497 e. The van der Waals surface area contributed by atoms with Gasteiger partial charge in [0.1, 0.15) is 17.1 Å². The second kappa shape index (κ2) is 5.83. The van der Waals surface area contributed by atoms with E-state index in [1.165, 1.54) is 31.4 Å². The van der Waals surface area contributed by atoms with E-state index >= 15 is 0 Å². The zero-order valence-electron chi connectivity index (χ0n) is 10.6. The maximum Gasteiger partial charge on any atom is 0.350 e. The number of methoxy groups -OCH3 is 1. The quantitative estimate of drug-likeness (QED) is 0.370. The molecular formula is C14H11NO5. The molecule has 0 atom stereocenters. The average Bonchev–Trinajstić information content (AvgIpc) is 2.48. The van der Waals surface area contributed by atoms with Gasteiger partial charge in [-0.15, -0.1) is 0 Å². The molecule has 20 heavy (non-hydrogen) atoms. The molecule has 2 aromatic rings. The number of carbonyl (C=O) groups excluding carboxylic acids is 1. The van der Waals surface area contributed by atoms with E-state index in [0.29, 0.717) is 5.75 Å². The van der Waals surface area contributed by atoms with Crippen LogP contribution >= 0.6 is 0 Å². The van der Waals surface area contributed by atoms with E-state index < -0.39 is 10.9 Å². The number of nitrogens with zero attached hydrogens (tertiary/aromatic N) is 1. The predicted molar refractivity (Wildman–Crippen MR) is 71.0 cm³/mol. The molecule has 0 aliphatic rings. The second-order valence-electron chi connectivity index (χ2n) is 3.84. The minimum absolute atomic E-state index is 0.0895. The molecule has 0 N–H and O–H groups in total. The summed E-state index contributed by atoms with van der Waals surface area (Å²) in [4.78, 5) is 22.2. The highest BCUT2D eigenvalue weighted by molar-refractivity contribution is 5.95. The van der Waals surface area contributed by atoms with Crippen molar-refractivity contribution in [2.24, 2.45) is 0 Å². The number of carbonyl (C=O) groups is 1. The van der Waals surface area contributed by atoms with Crippen molar-refractivity contribution < 1.29 is 19.2 Å². The van der Waals surface area contributed by atoms with Crippen molar-refractivity contribution in [1.29, 1.82) is 0 Å². The lowest BCUT2D eigenvalue weighted by molar-refractivity contribution is -0.385. The molecule has 2 rings (SSSR count). The number of nitro benzene ring substituents is 1. The van der Waals surface area contributed by atoms with E-state index in [9.17, 15) is 14.9 Å². The van der Waals surface area contributed by atoms with Gasteiger partial charge in [-0.25, -0.2) is 4.79 Å². The zero-order valence-corrected chi connectivity index (χ0v) is 10.6. The van der Waals surface area contributed by atoms with Gasteiger partial charge in [-0.1, -0.05) is 12.1 Å². The highest BCUT2D eigenvalue weighted by Crippen LogP contribution is 2.22. The Morgan fingerprint density at radius 1 is 1.05 bits per heavy atom. The first kappa shape index (κ1) is 13.5. The molecule has 0 saturated carbocycles. The molecule has 0 aromatic heterocycles. The summed E-state index contributed by atoms with van der Waals surface area (Å²) >= 11 is 0. The molecule has 0 heterocycles. The summed E-state index contributed by atoms with van der Waals surface area (Å²) in [5.41, 5.74) is -0.376. The molecule has 0 unspecified atom stereocenters. The minimum Gasteiger partial charge on any atom is -0.497 e. The summed E-state index contributed by atoms with van der Waals surface area (Å²) in [7, 11) is 1.52. The first-order chi connectivity index (χ1) is 9.61. The fourth-order valence-corrected chi connectivity index (χ4v) is 1.61. The van der Waals surface area contributed by atoms with Crippen LogP contribution in [0.25, 0.3) is 0 Å². The van der Waals surface area contributed by atoms with Gasteiger partial charge >= 0.3 is 5.97 Å². The van der Waals surface area contributed by atoms with Gasteiger partial charge in [-0.05, 0) is 30.3 Å². The predicted octanol–water partition coefficient (Wildman–Crippen LogP) is 2.82. The maximum atomic E-state index is 11.9. The third-order valence-electron chi connectivity index (χ3n) is 2.59. The van der Waals surface area contributed by atoms with Crippen molar-refractivity contribution in [2.45, 2.75) is 0 Å². The van der Waals surface area contributed by atoms with Crippen LogP contribution in [0.1, 0.15) is 10.4 Å². The van der Waals surface area contributed by atoms with Crippen molar-refractivity contribution in [3.63, 3.8) is 0 Å². The molecule has 0 aliphatic heterocycles. The summed E-state index contributed by atoms with van der Waals surface area (Å²) in [5.74, 6) is 0.131. The van der Waals surface area contributed by atoms with Gasteiger partial charge < -0.3 is 9.47 Å². The van der Waals surface area contributed by atoms with E-state index in [2.05, 4.69) is 0 Å². The van der Waals surface area contributed by atoms with Crippen LogP contribution < -0.4 is 9.47 Å². The Morgan fingerprint density at radius 2 is 1.65 bits per heavy atom. The highest BCUT2D eigenvalue weighted by atomic mass is 16.6. The Hall–Kier alpha value is -2.89. The van der Waals surface area contributed by atoms with Crippen molar-refractivity contribution >= 4 is 11.7 Å². The topological polar surface area (TPSA) is 78.7 Å². The molecule has 0 radical (unpaired) electrons. The third kappa shape index (κ3) is 2.92. The molecule has 0 amide bonds. The van der Waals surface area contributed by atoms with Gasteiger partial charge in [0.25, 0.3) is 5.69 Å². The molecule has 0 saturated heterocycles. The lowest BCUT2D eigenvalue weighted by Crippen LogP contribution is -2.10. The van der Waals surface area contributed by atoms with E-state index in [0.717, 1.165) is 0 Å². The van der Waals surface area contributed by atoms with Gasteiger partial charge in [0.2, 0.25) is 0 Å². The van der Waals surface area contributed by atoms with Crippen LogP contribution in [-0.4, -0.2) is 18.0 Å². The van der Waals surface area contributed by atoms with Gasteiger partial charge in [0.05, 0.1) is 12.0 Å². The Bertz CT molecular complexity index is 636. The molecular weight excluding hydrogens is 262 g/mol. The van der Waals surface area contributed by atoms with Crippen LogP contribution in [0.4, 0.5) is 5.69 Å². The molecule has 0 bridgehead atoms. The lowest BCUT2D eigenvalue weighted by atomic mass is 10.2. The number of hydrogen-bond donors (Lipinski definition) is 0. The normalized spacial score (nSPS) is 9.85. The molecule has 6 nitrogen and oxygen atoms in total. The number of rotatable bonds is 4. The number of para-hydroxylation sites is 1. The SMILES string of the molecule is COc1ccc(OC(=O)c2ccccc2[N+](=O)[O-])cc1. The van der Waals surface area contributed by atoms with Crippen LogP contribution in [-0.2, 0) is 0 Å². The zero-order chi connectivity index (χ0) is 14.5. The summed E-state index contributed by atoms with van der Waals surface area (Å²) in [6.07, 6.45) is 0. The summed E-state index contributed by atoms with van der Waals surface area (Å²) in [6.45, 7) is 0. The van der Waals surface area contributed by atoms with Crippen LogP contribution in [0.3, 0.4) is 0 Å². The number of esters is 1. The van der Waals surface area contributed by atoms with E-state index in [1.807, 2.05) is 0 Å².